The maximum Gasteiger partial charge on any atom is 0.415 e. The summed E-state index contributed by atoms with van der Waals surface area (Å²) in [7, 11) is 1.68. The zero-order chi connectivity index (χ0) is 17.7. The minimum absolute atomic E-state index is 0.0376. The van der Waals surface area contributed by atoms with Crippen LogP contribution < -0.4 is 16.0 Å². The van der Waals surface area contributed by atoms with E-state index in [4.69, 9.17) is 10.5 Å². The molecule has 1 saturated heterocycles. The first kappa shape index (κ1) is 17.7. The highest BCUT2D eigenvalue weighted by molar-refractivity contribution is 5.89. The summed E-state index contributed by atoms with van der Waals surface area (Å²) in [4.78, 5) is 26.2. The molecule has 8 heteroatoms. The molecule has 130 valence electrons. The molecule has 3 N–H and O–H groups in total. The Hall–Kier alpha value is -2.64. The number of ether oxygens (including phenoxy) is 1. The number of nitrogens with two attached hydrogens (primary N) is 1. The number of hydrogen-bond donors (Lipinski definition) is 2. The van der Waals surface area contributed by atoms with Gasteiger partial charge in [-0.05, 0) is 18.9 Å². The van der Waals surface area contributed by atoms with E-state index in [0.717, 1.165) is 5.57 Å². The molecule has 1 fully saturated rings. The first-order valence-electron chi connectivity index (χ1n) is 7.87. The van der Waals surface area contributed by atoms with E-state index >= 15 is 0 Å². The normalized spacial score (nSPS) is 19.9. The van der Waals surface area contributed by atoms with Crippen LogP contribution in [0.4, 0.5) is 16.6 Å². The number of nitrogens with zero attached hydrogens (tertiary/aromatic N) is 4. The van der Waals surface area contributed by atoms with Gasteiger partial charge in [0.15, 0.2) is 0 Å². The Labute approximate surface area is 141 Å². The summed E-state index contributed by atoms with van der Waals surface area (Å²) >= 11 is 0. The number of nitrogens with one attached hydrogen (secondary N) is 1. The first-order valence-corrected chi connectivity index (χ1v) is 7.87. The lowest BCUT2D eigenvalue weighted by Crippen LogP contribution is -2.38. The number of aliphatic imine (C=N–C) groups is 1. The third kappa shape index (κ3) is 3.81. The van der Waals surface area contributed by atoms with Gasteiger partial charge in [0.1, 0.15) is 12.4 Å². The molecule has 1 unspecified atom stereocenters. The second-order valence-corrected chi connectivity index (χ2v) is 5.92. The number of rotatable bonds is 6. The maximum atomic E-state index is 12.0. The van der Waals surface area contributed by atoms with Crippen LogP contribution in [0, 0.1) is 5.92 Å². The van der Waals surface area contributed by atoms with E-state index in [2.05, 4.69) is 20.3 Å². The van der Waals surface area contributed by atoms with Crippen molar-refractivity contribution in [1.82, 2.24) is 9.97 Å². The second-order valence-electron chi connectivity index (χ2n) is 5.92. The molecule has 2 heterocycles. The number of hydrogen-bond acceptors (Lipinski definition) is 7. The molecular weight excluding hydrogens is 308 g/mol. The number of anilines is 2. The fourth-order valence-corrected chi connectivity index (χ4v) is 2.47. The van der Waals surface area contributed by atoms with Crippen molar-refractivity contribution in [2.75, 3.05) is 23.9 Å². The summed E-state index contributed by atoms with van der Waals surface area (Å²) in [6.07, 6.45) is 4.39. The van der Waals surface area contributed by atoms with Crippen molar-refractivity contribution in [3.8, 4) is 0 Å². The SMILES string of the molecule is CN=CC(=CN)C(C)Nc1nccc(N2C(=O)OC[C@@H]2C(C)C)n1. The summed E-state index contributed by atoms with van der Waals surface area (Å²) in [5, 5.41) is 3.16. The maximum absolute atomic E-state index is 12.0. The fraction of sp³-hybridized carbons (Fsp3) is 0.500. The van der Waals surface area contributed by atoms with Crippen molar-refractivity contribution in [2.45, 2.75) is 32.9 Å². The van der Waals surface area contributed by atoms with E-state index in [0.29, 0.717) is 18.4 Å². The van der Waals surface area contributed by atoms with Crippen molar-refractivity contribution in [3.63, 3.8) is 0 Å². The average molecular weight is 332 g/mol. The molecule has 1 amide bonds. The van der Waals surface area contributed by atoms with Gasteiger partial charge in [-0.25, -0.2) is 9.78 Å². The molecule has 0 radical (unpaired) electrons. The average Bonchev–Trinajstić information content (AvgIpc) is 2.94. The number of carbonyl (C=O) groups excluding carboxylic acids is 1. The van der Waals surface area contributed by atoms with E-state index in [1.807, 2.05) is 20.8 Å². The lowest BCUT2D eigenvalue weighted by Gasteiger charge is -2.23. The Kier molecular flexibility index (Phi) is 5.73. The largest absolute Gasteiger partial charge is 0.447 e. The van der Waals surface area contributed by atoms with Crippen LogP contribution in [0.1, 0.15) is 20.8 Å². The topological polar surface area (TPSA) is 106 Å². The molecule has 0 bridgehead atoms. The fourth-order valence-electron chi connectivity index (χ4n) is 2.47. The molecule has 2 rings (SSSR count). The summed E-state index contributed by atoms with van der Waals surface area (Å²) in [5.74, 6) is 1.18. The van der Waals surface area contributed by atoms with Crippen LogP contribution in [-0.4, -0.2) is 48.0 Å². The molecule has 8 nitrogen and oxygen atoms in total. The van der Waals surface area contributed by atoms with Crippen LogP contribution in [0.25, 0.3) is 0 Å². The Morgan fingerprint density at radius 1 is 1.54 bits per heavy atom. The van der Waals surface area contributed by atoms with Gasteiger partial charge in [0.05, 0.1) is 12.1 Å². The minimum atomic E-state index is -0.382. The molecule has 1 aliphatic heterocycles. The third-order valence-corrected chi connectivity index (χ3v) is 3.88. The van der Waals surface area contributed by atoms with Gasteiger partial charge >= 0.3 is 6.09 Å². The third-order valence-electron chi connectivity index (χ3n) is 3.88. The van der Waals surface area contributed by atoms with Gasteiger partial charge in [-0.15, -0.1) is 0 Å². The molecule has 24 heavy (non-hydrogen) atoms. The van der Waals surface area contributed by atoms with Gasteiger partial charge in [-0.2, -0.15) is 4.98 Å². The lowest BCUT2D eigenvalue weighted by molar-refractivity contribution is 0.177. The van der Waals surface area contributed by atoms with Gasteiger partial charge in [0.2, 0.25) is 5.95 Å². The van der Waals surface area contributed by atoms with E-state index in [-0.39, 0.29) is 24.1 Å². The number of aromatic nitrogens is 2. The Bertz CT molecular complexity index is 643. The van der Waals surface area contributed by atoms with Gasteiger partial charge in [-0.1, -0.05) is 13.8 Å². The van der Waals surface area contributed by atoms with Crippen LogP contribution in [0.15, 0.2) is 29.0 Å². The summed E-state index contributed by atoms with van der Waals surface area (Å²) in [5.41, 5.74) is 6.42. The predicted molar refractivity (Wildman–Crippen MR) is 94.3 cm³/mol. The quantitative estimate of drug-likeness (QED) is 0.770. The zero-order valence-corrected chi connectivity index (χ0v) is 14.4. The smallest absolute Gasteiger partial charge is 0.415 e. The molecule has 1 aromatic rings. The highest BCUT2D eigenvalue weighted by Gasteiger charge is 2.37. The van der Waals surface area contributed by atoms with Gasteiger partial charge in [0.25, 0.3) is 0 Å². The van der Waals surface area contributed by atoms with Crippen LogP contribution >= 0.6 is 0 Å². The standard InChI is InChI=1S/C16H24N6O2/c1-10(2)13-9-24-16(23)22(13)14-5-6-19-15(21-14)20-11(3)12(7-17)8-18-4/h5-8,10-11,13H,9,17H2,1-4H3,(H,19,20,21)/t11?,13-/m1/s1. The highest BCUT2D eigenvalue weighted by atomic mass is 16.6. The van der Waals surface area contributed by atoms with Gasteiger partial charge < -0.3 is 15.8 Å². The van der Waals surface area contributed by atoms with Gasteiger partial charge in [-0.3, -0.25) is 9.89 Å². The molecule has 0 aliphatic carbocycles. The molecule has 1 aliphatic rings. The zero-order valence-electron chi connectivity index (χ0n) is 14.4. The number of cyclic esters (lactones) is 1. The molecule has 0 aromatic carbocycles. The molecular formula is C16H24N6O2. The Morgan fingerprint density at radius 2 is 2.29 bits per heavy atom. The van der Waals surface area contributed by atoms with Crippen molar-refractivity contribution < 1.29 is 9.53 Å². The van der Waals surface area contributed by atoms with Gasteiger partial charge in [0, 0.05) is 31.2 Å². The van der Waals surface area contributed by atoms with Crippen LogP contribution in [-0.2, 0) is 4.74 Å². The van der Waals surface area contributed by atoms with Crippen LogP contribution in [0.5, 0.6) is 0 Å². The minimum Gasteiger partial charge on any atom is -0.447 e. The monoisotopic (exact) mass is 332 g/mol. The van der Waals surface area contributed by atoms with E-state index < -0.39 is 0 Å². The van der Waals surface area contributed by atoms with Crippen molar-refractivity contribution >= 4 is 24.1 Å². The van der Waals surface area contributed by atoms with E-state index in [1.54, 1.807) is 30.4 Å². The number of carbonyl (C=O) groups is 1. The molecule has 0 saturated carbocycles. The van der Waals surface area contributed by atoms with Crippen molar-refractivity contribution in [3.05, 3.63) is 24.0 Å². The van der Waals surface area contributed by atoms with E-state index in [1.165, 1.54) is 6.20 Å². The van der Waals surface area contributed by atoms with E-state index in [9.17, 15) is 4.79 Å². The molecule has 0 spiro atoms. The van der Waals surface area contributed by atoms with Crippen LogP contribution in [0.2, 0.25) is 0 Å². The second kappa shape index (κ2) is 7.76. The lowest BCUT2D eigenvalue weighted by atomic mass is 10.0. The van der Waals surface area contributed by atoms with Crippen LogP contribution in [0.3, 0.4) is 0 Å². The summed E-state index contributed by atoms with van der Waals surface area (Å²) in [6.45, 7) is 6.39. The predicted octanol–water partition coefficient (Wildman–Crippen LogP) is 1.80. The Morgan fingerprint density at radius 3 is 2.92 bits per heavy atom. The summed E-state index contributed by atoms with van der Waals surface area (Å²) in [6, 6.07) is 1.54. The Balaban J connectivity index is 2.21. The summed E-state index contributed by atoms with van der Waals surface area (Å²) < 4.78 is 5.17. The molecule has 1 aromatic heterocycles. The highest BCUT2D eigenvalue weighted by Crippen LogP contribution is 2.26. The van der Waals surface area contributed by atoms with Crippen molar-refractivity contribution in [2.24, 2.45) is 16.6 Å². The molecule has 2 atom stereocenters. The van der Waals surface area contributed by atoms with Crippen molar-refractivity contribution in [1.29, 1.82) is 0 Å². The first-order chi connectivity index (χ1) is 11.5. The number of amides is 1.